The lowest BCUT2D eigenvalue weighted by atomic mass is 10.1. The Kier molecular flexibility index (Phi) is 7.60. The van der Waals surface area contributed by atoms with E-state index in [4.69, 9.17) is 16.2 Å². The summed E-state index contributed by atoms with van der Waals surface area (Å²) >= 11 is 0. The summed E-state index contributed by atoms with van der Waals surface area (Å²) in [6.07, 6.45) is 3.34. The molecule has 172 valence electrons. The van der Waals surface area contributed by atoms with E-state index in [9.17, 15) is 9.18 Å². The Morgan fingerprint density at radius 2 is 2.12 bits per heavy atom. The van der Waals surface area contributed by atoms with Crippen LogP contribution in [0.5, 0.6) is 0 Å². The van der Waals surface area contributed by atoms with Gasteiger partial charge in [0.1, 0.15) is 5.82 Å². The first kappa shape index (κ1) is 23.4. The Bertz CT molecular complexity index is 1080. The second-order valence-electron chi connectivity index (χ2n) is 7.70. The molecule has 0 saturated carbocycles. The van der Waals surface area contributed by atoms with Crippen molar-refractivity contribution in [2.75, 3.05) is 24.4 Å². The van der Waals surface area contributed by atoms with Crippen LogP contribution in [-0.4, -0.2) is 46.5 Å². The maximum Gasteiger partial charge on any atom is 0.252 e. The Morgan fingerprint density at radius 3 is 2.78 bits per heavy atom. The molecule has 10 heteroatoms. The molecule has 0 aliphatic rings. The summed E-state index contributed by atoms with van der Waals surface area (Å²) in [5.74, 6) is -1.29. The molecule has 9 nitrogen and oxygen atoms in total. The van der Waals surface area contributed by atoms with Crippen molar-refractivity contribution in [1.29, 1.82) is 0 Å². The second-order valence-corrected chi connectivity index (χ2v) is 7.70. The molecule has 0 aliphatic carbocycles. The first-order valence-corrected chi connectivity index (χ1v) is 10.6. The van der Waals surface area contributed by atoms with Gasteiger partial charge in [-0.2, -0.15) is 5.10 Å². The zero-order valence-electron chi connectivity index (χ0n) is 18.6. The number of nitrogens with two attached hydrogens (primary N) is 2. The van der Waals surface area contributed by atoms with Gasteiger partial charge in [0, 0.05) is 24.6 Å². The number of aromatic nitrogens is 3. The van der Waals surface area contributed by atoms with Gasteiger partial charge in [-0.05, 0) is 31.5 Å². The Hall–Kier alpha value is -3.24. The molecule has 0 fully saturated rings. The quantitative estimate of drug-likeness (QED) is 0.358. The highest BCUT2D eigenvalue weighted by Crippen LogP contribution is 2.29. The van der Waals surface area contributed by atoms with Crippen LogP contribution in [0.25, 0.3) is 10.9 Å². The van der Waals surface area contributed by atoms with Gasteiger partial charge in [-0.3, -0.25) is 9.48 Å². The number of amides is 1. The molecule has 1 aromatic carbocycles. The molecule has 1 amide bonds. The van der Waals surface area contributed by atoms with Crippen LogP contribution in [0.4, 0.5) is 21.7 Å². The number of anilines is 3. The molecular weight excluding hydrogens is 413 g/mol. The van der Waals surface area contributed by atoms with Crippen LogP contribution in [-0.2, 0) is 11.3 Å². The third kappa shape index (κ3) is 5.14. The molecule has 0 unspecified atom stereocenters. The number of rotatable bonds is 11. The largest absolute Gasteiger partial charge is 0.383 e. The van der Waals surface area contributed by atoms with Gasteiger partial charge in [-0.25, -0.2) is 9.37 Å². The molecule has 32 heavy (non-hydrogen) atoms. The molecule has 0 saturated heterocycles. The number of hydrogen-bond acceptors (Lipinski definition) is 7. The van der Waals surface area contributed by atoms with Crippen LogP contribution < -0.4 is 22.1 Å². The van der Waals surface area contributed by atoms with Gasteiger partial charge in [-0.15, -0.1) is 0 Å². The molecule has 6 N–H and O–H groups in total. The highest BCUT2D eigenvalue weighted by Gasteiger charge is 2.20. The Morgan fingerprint density at radius 1 is 1.34 bits per heavy atom. The number of carbonyl (C=O) groups excluding carboxylic acids is 1. The fraction of sp³-hybridized carbons (Fsp3) is 0.409. The number of nitrogens with zero attached hydrogens (tertiary/aromatic N) is 3. The minimum Gasteiger partial charge on any atom is -0.383 e. The van der Waals surface area contributed by atoms with Crippen LogP contribution in [0.1, 0.15) is 37.0 Å². The summed E-state index contributed by atoms with van der Waals surface area (Å²) in [7, 11) is 1.63. The average Bonchev–Trinajstić information content (AvgIpc) is 3.17. The summed E-state index contributed by atoms with van der Waals surface area (Å²) in [4.78, 5) is 16.4. The van der Waals surface area contributed by atoms with Crippen molar-refractivity contribution in [3.05, 3.63) is 41.8 Å². The minimum atomic E-state index is -0.786. The van der Waals surface area contributed by atoms with Gasteiger partial charge < -0.3 is 26.8 Å². The number of hydrogen-bond donors (Lipinski definition) is 4. The molecule has 0 radical (unpaired) electrons. The molecule has 2 atom stereocenters. The average molecular weight is 444 g/mol. The third-order valence-electron chi connectivity index (χ3n) is 5.25. The van der Waals surface area contributed by atoms with Crippen molar-refractivity contribution in [3.63, 3.8) is 0 Å². The summed E-state index contributed by atoms with van der Waals surface area (Å²) < 4.78 is 21.7. The third-order valence-corrected chi connectivity index (χ3v) is 5.25. The standard InChI is InChI=1S/C22H30FN7O2/c1-4-6-17(13(2)24)27-22-16(23)11-14(20(25)31)21(29-22)28-18-7-5-8-19-15(18)12-26-30(19)9-10-32-3/h5,7-8,11-13,17H,4,6,9-10,24H2,1-3H3,(H2,25,31)(H2,27,28,29)/t13-,17+/m0/s1. The van der Waals surface area contributed by atoms with Crippen molar-refractivity contribution in [3.8, 4) is 0 Å². The highest BCUT2D eigenvalue weighted by atomic mass is 19.1. The molecule has 2 heterocycles. The van der Waals surface area contributed by atoms with Crippen molar-refractivity contribution in [1.82, 2.24) is 14.8 Å². The van der Waals surface area contributed by atoms with E-state index in [1.807, 2.05) is 36.7 Å². The number of primary amides is 1. The van der Waals surface area contributed by atoms with Gasteiger partial charge in [0.25, 0.3) is 5.91 Å². The lowest BCUT2D eigenvalue weighted by molar-refractivity contribution is 0.100. The zero-order valence-corrected chi connectivity index (χ0v) is 18.6. The summed E-state index contributed by atoms with van der Waals surface area (Å²) in [6.45, 7) is 4.99. The maximum absolute atomic E-state index is 14.7. The summed E-state index contributed by atoms with van der Waals surface area (Å²) in [5, 5.41) is 11.4. The van der Waals surface area contributed by atoms with E-state index in [1.165, 1.54) is 0 Å². The molecule has 0 spiro atoms. The number of fused-ring (bicyclic) bond motifs is 1. The number of benzene rings is 1. The van der Waals surface area contributed by atoms with Crippen molar-refractivity contribution in [2.45, 2.75) is 45.3 Å². The number of nitrogens with one attached hydrogen (secondary N) is 2. The molecule has 0 aliphatic heterocycles. The van der Waals surface area contributed by atoms with Crippen LogP contribution in [0.2, 0.25) is 0 Å². The predicted octanol–water partition coefficient (Wildman–Crippen LogP) is 2.99. The maximum atomic E-state index is 14.7. The lowest BCUT2D eigenvalue weighted by Gasteiger charge is -2.23. The SMILES string of the molecule is CCC[C@@H](Nc1nc(Nc2cccc3c2cnn3CCOC)c(C(N)=O)cc1F)[C@H](C)N. The number of ether oxygens (including phenoxy) is 1. The minimum absolute atomic E-state index is 0.0104. The van der Waals surface area contributed by atoms with E-state index in [1.54, 1.807) is 13.3 Å². The van der Waals surface area contributed by atoms with Gasteiger partial charge in [0.15, 0.2) is 11.6 Å². The van der Waals surface area contributed by atoms with E-state index in [2.05, 4.69) is 20.7 Å². The first-order chi connectivity index (χ1) is 15.3. The monoisotopic (exact) mass is 443 g/mol. The van der Waals surface area contributed by atoms with Gasteiger partial charge >= 0.3 is 0 Å². The zero-order chi connectivity index (χ0) is 23.3. The van der Waals surface area contributed by atoms with Crippen LogP contribution in [0.3, 0.4) is 0 Å². The van der Waals surface area contributed by atoms with Crippen molar-refractivity contribution >= 4 is 34.1 Å². The predicted molar refractivity (Wildman–Crippen MR) is 124 cm³/mol. The lowest BCUT2D eigenvalue weighted by Crippen LogP contribution is -2.38. The highest BCUT2D eigenvalue weighted by molar-refractivity contribution is 6.00. The fourth-order valence-corrected chi connectivity index (χ4v) is 3.52. The van der Waals surface area contributed by atoms with Crippen LogP contribution >= 0.6 is 0 Å². The molecular formula is C22H30FN7O2. The summed E-state index contributed by atoms with van der Waals surface area (Å²) in [5.41, 5.74) is 13.0. The topological polar surface area (TPSA) is 133 Å². The number of carbonyl (C=O) groups is 1. The van der Waals surface area contributed by atoms with Crippen molar-refractivity contribution < 1.29 is 13.9 Å². The summed E-state index contributed by atoms with van der Waals surface area (Å²) in [6, 6.07) is 6.32. The van der Waals surface area contributed by atoms with Crippen molar-refractivity contribution in [2.24, 2.45) is 11.5 Å². The van der Waals surface area contributed by atoms with E-state index in [0.717, 1.165) is 29.8 Å². The Balaban J connectivity index is 1.99. The first-order valence-electron chi connectivity index (χ1n) is 10.6. The molecule has 0 bridgehead atoms. The smallest absolute Gasteiger partial charge is 0.252 e. The van der Waals surface area contributed by atoms with Crippen LogP contribution in [0, 0.1) is 5.82 Å². The van der Waals surface area contributed by atoms with E-state index in [-0.39, 0.29) is 29.3 Å². The van der Waals surface area contributed by atoms with E-state index in [0.29, 0.717) is 18.8 Å². The Labute approximate surface area is 186 Å². The second kappa shape index (κ2) is 10.4. The van der Waals surface area contributed by atoms with Gasteiger partial charge in [0.05, 0.1) is 36.1 Å². The van der Waals surface area contributed by atoms with Gasteiger partial charge in [-0.1, -0.05) is 19.4 Å². The normalized spacial score (nSPS) is 13.2. The molecule has 3 aromatic rings. The number of methoxy groups -OCH3 is 1. The fourth-order valence-electron chi connectivity index (χ4n) is 3.52. The van der Waals surface area contributed by atoms with Crippen LogP contribution in [0.15, 0.2) is 30.5 Å². The van der Waals surface area contributed by atoms with E-state index < -0.39 is 11.7 Å². The van der Waals surface area contributed by atoms with Gasteiger partial charge in [0.2, 0.25) is 0 Å². The van der Waals surface area contributed by atoms with E-state index >= 15 is 0 Å². The number of halogens is 1. The molecule has 3 rings (SSSR count). The molecule has 2 aromatic heterocycles. The number of pyridine rings is 1.